The van der Waals surface area contributed by atoms with Crippen LogP contribution in [0.25, 0.3) is 16.5 Å². The van der Waals surface area contributed by atoms with Crippen LogP contribution >= 0.6 is 11.3 Å². The van der Waals surface area contributed by atoms with E-state index in [2.05, 4.69) is 15.1 Å². The first-order valence-electron chi connectivity index (χ1n) is 9.45. The average Bonchev–Trinajstić information content (AvgIpc) is 3.44. The van der Waals surface area contributed by atoms with Gasteiger partial charge in [-0.05, 0) is 30.0 Å². The molecular weight excluding hydrogens is 398 g/mol. The Labute approximate surface area is 178 Å². The van der Waals surface area contributed by atoms with E-state index in [9.17, 15) is 9.90 Å². The van der Waals surface area contributed by atoms with E-state index in [1.165, 1.54) is 11.1 Å². The zero-order valence-electron chi connectivity index (χ0n) is 16.6. The van der Waals surface area contributed by atoms with Crippen molar-refractivity contribution in [2.45, 2.75) is 13.0 Å². The van der Waals surface area contributed by atoms with Gasteiger partial charge in [-0.15, -0.1) is 11.3 Å². The quantitative estimate of drug-likeness (QED) is 0.517. The smallest absolute Gasteiger partial charge is 0.257 e. The highest BCUT2D eigenvalue weighted by Gasteiger charge is 2.22. The van der Waals surface area contributed by atoms with Gasteiger partial charge >= 0.3 is 0 Å². The van der Waals surface area contributed by atoms with E-state index in [-0.39, 0.29) is 12.5 Å². The SMILES string of the molecule is Cc1c(C(=O)N(C)C[C@H](O)c2ccccc2)cnn1-c1nccc(-c2cccs2)n1. The highest BCUT2D eigenvalue weighted by Crippen LogP contribution is 2.23. The van der Waals surface area contributed by atoms with Crippen molar-refractivity contribution in [2.24, 2.45) is 0 Å². The molecule has 0 fully saturated rings. The third-order valence-electron chi connectivity index (χ3n) is 4.82. The molecule has 0 aliphatic rings. The zero-order chi connectivity index (χ0) is 21.1. The number of aromatic nitrogens is 4. The summed E-state index contributed by atoms with van der Waals surface area (Å²) in [4.78, 5) is 24.4. The predicted octanol–water partition coefficient (Wildman–Crippen LogP) is 3.50. The molecule has 0 radical (unpaired) electrons. The number of aliphatic hydroxyl groups excluding tert-OH is 1. The molecule has 0 aliphatic carbocycles. The van der Waals surface area contributed by atoms with Crippen molar-refractivity contribution < 1.29 is 9.90 Å². The first-order chi connectivity index (χ1) is 14.5. The first-order valence-corrected chi connectivity index (χ1v) is 10.3. The maximum Gasteiger partial charge on any atom is 0.257 e. The minimum atomic E-state index is -0.763. The fourth-order valence-electron chi connectivity index (χ4n) is 3.16. The van der Waals surface area contributed by atoms with E-state index in [4.69, 9.17) is 0 Å². The molecule has 3 aromatic heterocycles. The molecule has 0 aliphatic heterocycles. The second kappa shape index (κ2) is 8.56. The van der Waals surface area contributed by atoms with Crippen LogP contribution < -0.4 is 0 Å². The maximum absolute atomic E-state index is 13.0. The van der Waals surface area contributed by atoms with Crippen LogP contribution in [0.3, 0.4) is 0 Å². The van der Waals surface area contributed by atoms with Crippen molar-refractivity contribution in [1.29, 1.82) is 0 Å². The molecule has 0 bridgehead atoms. The molecule has 3 heterocycles. The Morgan fingerprint density at radius 1 is 1.20 bits per heavy atom. The number of amides is 1. The number of likely N-dealkylation sites (N-methyl/N-ethyl adjacent to an activating group) is 1. The van der Waals surface area contributed by atoms with Crippen LogP contribution in [0.1, 0.15) is 27.7 Å². The molecule has 1 aromatic carbocycles. The number of rotatable bonds is 6. The third kappa shape index (κ3) is 4.00. The van der Waals surface area contributed by atoms with E-state index in [1.807, 2.05) is 60.8 Å². The van der Waals surface area contributed by atoms with E-state index >= 15 is 0 Å². The Hall–Kier alpha value is -3.36. The highest BCUT2D eigenvalue weighted by atomic mass is 32.1. The fourth-order valence-corrected chi connectivity index (χ4v) is 3.86. The fraction of sp³-hybridized carbons (Fsp3) is 0.182. The largest absolute Gasteiger partial charge is 0.387 e. The molecule has 1 amide bonds. The van der Waals surface area contributed by atoms with Crippen molar-refractivity contribution in [1.82, 2.24) is 24.6 Å². The predicted molar refractivity (Wildman–Crippen MR) is 116 cm³/mol. The lowest BCUT2D eigenvalue weighted by atomic mass is 10.1. The van der Waals surface area contributed by atoms with Crippen molar-refractivity contribution >= 4 is 17.2 Å². The van der Waals surface area contributed by atoms with Crippen molar-refractivity contribution in [3.63, 3.8) is 0 Å². The number of nitrogens with zero attached hydrogens (tertiary/aromatic N) is 5. The second-order valence-electron chi connectivity index (χ2n) is 6.89. The summed E-state index contributed by atoms with van der Waals surface area (Å²) in [5, 5.41) is 16.8. The number of thiophene rings is 1. The Bertz CT molecular complexity index is 1140. The summed E-state index contributed by atoms with van der Waals surface area (Å²) in [6.07, 6.45) is 2.44. The van der Waals surface area contributed by atoms with Crippen molar-refractivity contribution in [2.75, 3.05) is 13.6 Å². The van der Waals surface area contributed by atoms with Crippen LogP contribution in [0.4, 0.5) is 0 Å². The number of benzene rings is 1. The summed E-state index contributed by atoms with van der Waals surface area (Å²) in [7, 11) is 1.67. The molecular formula is C22H21N5O2S. The van der Waals surface area contributed by atoms with Gasteiger partial charge < -0.3 is 10.0 Å². The van der Waals surface area contributed by atoms with E-state index in [1.54, 1.807) is 29.3 Å². The van der Waals surface area contributed by atoms with Crippen LogP contribution in [-0.2, 0) is 0 Å². The Morgan fingerprint density at radius 2 is 2.00 bits per heavy atom. The molecule has 4 aromatic rings. The van der Waals surface area contributed by atoms with Gasteiger partial charge in [0.2, 0.25) is 0 Å². The third-order valence-corrected chi connectivity index (χ3v) is 5.72. The lowest BCUT2D eigenvalue weighted by Gasteiger charge is -2.21. The van der Waals surface area contributed by atoms with E-state index in [0.717, 1.165) is 16.1 Å². The van der Waals surface area contributed by atoms with Gasteiger partial charge in [0.15, 0.2) is 0 Å². The standard InChI is InChI=1S/C22H21N5O2S/c1-15-17(21(29)26(2)14-19(28)16-7-4-3-5-8-16)13-24-27(15)22-23-11-10-18(25-22)20-9-6-12-30-20/h3-13,19,28H,14H2,1-2H3/t19-/m0/s1. The first kappa shape index (κ1) is 19.9. The number of aliphatic hydroxyl groups is 1. The molecule has 1 atom stereocenters. The molecule has 7 nitrogen and oxygen atoms in total. The number of hydrogen-bond donors (Lipinski definition) is 1. The van der Waals surface area contributed by atoms with Crippen LogP contribution in [0.2, 0.25) is 0 Å². The minimum absolute atomic E-state index is 0.178. The summed E-state index contributed by atoms with van der Waals surface area (Å²) in [5.41, 5.74) is 2.66. The minimum Gasteiger partial charge on any atom is -0.387 e. The van der Waals surface area contributed by atoms with Gasteiger partial charge in [0.25, 0.3) is 11.9 Å². The summed E-state index contributed by atoms with van der Waals surface area (Å²) >= 11 is 1.60. The van der Waals surface area contributed by atoms with Crippen molar-refractivity contribution in [3.05, 3.63) is 83.1 Å². The molecule has 8 heteroatoms. The summed E-state index contributed by atoms with van der Waals surface area (Å²) < 4.78 is 1.56. The number of hydrogen-bond acceptors (Lipinski definition) is 6. The molecule has 152 valence electrons. The lowest BCUT2D eigenvalue weighted by Crippen LogP contribution is -2.31. The van der Waals surface area contributed by atoms with E-state index < -0.39 is 6.10 Å². The molecule has 0 saturated heterocycles. The van der Waals surface area contributed by atoms with E-state index in [0.29, 0.717) is 17.2 Å². The molecule has 0 saturated carbocycles. The Balaban J connectivity index is 1.54. The number of carbonyl (C=O) groups is 1. The summed E-state index contributed by atoms with van der Waals surface area (Å²) in [5.74, 6) is 0.188. The van der Waals surface area contributed by atoms with Crippen LogP contribution in [0, 0.1) is 6.92 Å². The highest BCUT2D eigenvalue weighted by molar-refractivity contribution is 7.13. The van der Waals surface area contributed by atoms with Gasteiger partial charge in [-0.3, -0.25) is 4.79 Å². The van der Waals surface area contributed by atoms with Gasteiger partial charge in [0.1, 0.15) is 0 Å². The monoisotopic (exact) mass is 419 g/mol. The Kier molecular flexibility index (Phi) is 5.69. The maximum atomic E-state index is 13.0. The van der Waals surface area contributed by atoms with Crippen molar-refractivity contribution in [3.8, 4) is 16.5 Å². The topological polar surface area (TPSA) is 84.1 Å². The van der Waals surface area contributed by atoms with Crippen LogP contribution in [-0.4, -0.2) is 49.3 Å². The average molecular weight is 420 g/mol. The number of carbonyl (C=O) groups excluding carboxylic acids is 1. The van der Waals surface area contributed by atoms with Crippen LogP contribution in [0.15, 0.2) is 66.3 Å². The van der Waals surface area contributed by atoms with Gasteiger partial charge in [0.05, 0.1) is 40.7 Å². The lowest BCUT2D eigenvalue weighted by molar-refractivity contribution is 0.0680. The summed E-state index contributed by atoms with van der Waals surface area (Å²) in [6, 6.07) is 15.1. The second-order valence-corrected chi connectivity index (χ2v) is 7.83. The van der Waals surface area contributed by atoms with Gasteiger partial charge in [-0.1, -0.05) is 36.4 Å². The molecule has 0 unspecified atom stereocenters. The van der Waals surface area contributed by atoms with Crippen LogP contribution in [0.5, 0.6) is 0 Å². The molecule has 30 heavy (non-hydrogen) atoms. The summed E-state index contributed by atoms with van der Waals surface area (Å²) in [6.45, 7) is 1.99. The zero-order valence-corrected chi connectivity index (χ0v) is 17.5. The van der Waals surface area contributed by atoms with Gasteiger partial charge in [-0.25, -0.2) is 14.6 Å². The molecule has 1 N–H and O–H groups in total. The molecule has 0 spiro atoms. The van der Waals surface area contributed by atoms with Gasteiger partial charge in [0, 0.05) is 13.2 Å². The Morgan fingerprint density at radius 3 is 2.73 bits per heavy atom. The molecule has 4 rings (SSSR count). The van der Waals surface area contributed by atoms with Gasteiger partial charge in [-0.2, -0.15) is 5.10 Å². The normalized spacial score (nSPS) is 12.0.